The fourth-order valence-electron chi connectivity index (χ4n) is 4.41. The number of aromatic nitrogens is 2. The highest BCUT2D eigenvalue weighted by atomic mass is 35.5. The first-order chi connectivity index (χ1) is 19.7. The van der Waals surface area contributed by atoms with Crippen molar-refractivity contribution in [2.75, 3.05) is 11.8 Å². The summed E-state index contributed by atoms with van der Waals surface area (Å²) < 4.78 is 25.1. The highest BCUT2D eigenvalue weighted by molar-refractivity contribution is 8.22. The average molecular weight is 635 g/mol. The average Bonchev–Trinajstić information content (AvgIpc) is 3.53. The van der Waals surface area contributed by atoms with Gasteiger partial charge in [0.15, 0.2) is 5.82 Å². The second-order valence-corrected chi connectivity index (χ2v) is 14.9. The lowest BCUT2D eigenvalue weighted by atomic mass is 10.1. The molecule has 41 heavy (non-hydrogen) atoms. The summed E-state index contributed by atoms with van der Waals surface area (Å²) in [6, 6.07) is 17.0. The van der Waals surface area contributed by atoms with Crippen LogP contribution >= 0.6 is 31.0 Å². The van der Waals surface area contributed by atoms with E-state index in [0.717, 1.165) is 35.9 Å². The molecule has 2 aromatic heterocycles. The van der Waals surface area contributed by atoms with Crippen LogP contribution in [0.25, 0.3) is 10.9 Å². The van der Waals surface area contributed by atoms with E-state index >= 15 is 0 Å². The molecule has 0 fully saturated rings. The number of ether oxygens (including phenoxy) is 1. The van der Waals surface area contributed by atoms with Crippen LogP contribution in [0.3, 0.4) is 0 Å². The number of nitrogens with one attached hydrogen (secondary N) is 2. The van der Waals surface area contributed by atoms with Gasteiger partial charge >= 0.3 is 5.97 Å². The van der Waals surface area contributed by atoms with Crippen LogP contribution in [0.5, 0.6) is 5.75 Å². The predicted octanol–water partition coefficient (Wildman–Crippen LogP) is 6.58. The number of nitrogens with zero attached hydrogens (tertiary/aromatic N) is 2. The summed E-state index contributed by atoms with van der Waals surface area (Å²) in [5.41, 5.74) is 2.75. The Morgan fingerprint density at radius 2 is 1.80 bits per heavy atom. The Morgan fingerprint density at radius 1 is 1.07 bits per heavy atom. The van der Waals surface area contributed by atoms with Crippen LogP contribution < -0.4 is 14.8 Å². The number of halogens is 1. The molecule has 0 saturated heterocycles. The second kappa shape index (κ2) is 14.2. The van der Waals surface area contributed by atoms with Gasteiger partial charge in [-0.25, -0.2) is 4.21 Å². The van der Waals surface area contributed by atoms with Crippen molar-refractivity contribution < 1.29 is 23.6 Å². The van der Waals surface area contributed by atoms with Crippen molar-refractivity contribution in [3.05, 3.63) is 70.1 Å². The van der Waals surface area contributed by atoms with Gasteiger partial charge in [0.2, 0.25) is 5.91 Å². The van der Waals surface area contributed by atoms with Gasteiger partial charge < -0.3 is 15.2 Å². The summed E-state index contributed by atoms with van der Waals surface area (Å²) in [5.74, 6) is 0.195. The van der Waals surface area contributed by atoms with Gasteiger partial charge in [-0.15, -0.1) is 11.3 Å². The van der Waals surface area contributed by atoms with E-state index in [4.69, 9.17) is 26.5 Å². The zero-order valence-electron chi connectivity index (χ0n) is 22.5. The van der Waals surface area contributed by atoms with E-state index in [1.807, 2.05) is 47.1 Å². The van der Waals surface area contributed by atoms with E-state index in [-0.39, 0.29) is 12.3 Å². The zero-order valence-corrected chi connectivity index (χ0v) is 25.9. The number of carbonyl (C=O) groups excluding carboxylic acids is 1. The van der Waals surface area contributed by atoms with Crippen molar-refractivity contribution in [1.29, 1.82) is 0 Å². The van der Waals surface area contributed by atoms with E-state index in [0.29, 0.717) is 51.4 Å². The number of carbonyl (C=O) groups is 2. The molecule has 218 valence electrons. The fourth-order valence-corrected chi connectivity index (χ4v) is 7.84. The zero-order chi connectivity index (χ0) is 29.4. The van der Waals surface area contributed by atoms with Crippen molar-refractivity contribution >= 4 is 68.8 Å². The SMILES string of the molecule is COc1cccc2c1c(NS(=O)(=P)c1ccc(Cl)s1)nn2Cc1cccc(CNC(=O)CCCCCCC(=O)O)c1. The van der Waals surface area contributed by atoms with Crippen LogP contribution in [-0.2, 0) is 32.0 Å². The van der Waals surface area contributed by atoms with Crippen LogP contribution in [0, 0.1) is 0 Å². The molecular formula is C28H32ClN4O5PS2. The quantitative estimate of drug-likeness (QED) is 0.100. The molecule has 1 unspecified atom stereocenters. The predicted molar refractivity (Wildman–Crippen MR) is 167 cm³/mol. The number of rotatable bonds is 15. The van der Waals surface area contributed by atoms with Gasteiger partial charge in [0.05, 0.1) is 28.9 Å². The van der Waals surface area contributed by atoms with Gasteiger partial charge in [0.1, 0.15) is 19.3 Å². The number of aliphatic carboxylic acids is 1. The number of benzene rings is 2. The summed E-state index contributed by atoms with van der Waals surface area (Å²) in [5, 5.41) is 17.1. The van der Waals surface area contributed by atoms with E-state index in [1.54, 1.807) is 19.2 Å². The molecule has 3 N–H and O–H groups in total. The molecule has 1 atom stereocenters. The molecule has 0 saturated carbocycles. The highest BCUT2D eigenvalue weighted by Crippen LogP contribution is 2.36. The maximum atomic E-state index is 13.5. The monoisotopic (exact) mass is 634 g/mol. The number of fused-ring (bicyclic) bond motifs is 1. The number of anilines is 1. The molecule has 0 aliphatic carbocycles. The first kappa shape index (κ1) is 30.8. The van der Waals surface area contributed by atoms with Crippen LogP contribution in [0.1, 0.15) is 49.7 Å². The smallest absolute Gasteiger partial charge is 0.303 e. The van der Waals surface area contributed by atoms with Crippen molar-refractivity contribution in [2.45, 2.75) is 55.8 Å². The van der Waals surface area contributed by atoms with Crippen LogP contribution in [-0.4, -0.2) is 38.1 Å². The Morgan fingerprint density at radius 3 is 2.51 bits per heavy atom. The first-order valence-corrected chi connectivity index (χ1v) is 17.1. The molecule has 4 rings (SSSR count). The number of hydrogen-bond acceptors (Lipinski definition) is 6. The molecule has 2 aromatic carbocycles. The van der Waals surface area contributed by atoms with Gasteiger partial charge in [0.25, 0.3) is 0 Å². The standard InChI is InChI=1S/C28H32ClN4O5PS2/c1-38-22-11-7-10-21-27(22)28(32-41(37,39)26-15-14-23(29)40-26)31-33(21)18-20-9-6-8-19(16-20)17-30-24(34)12-4-2-3-5-13-25(35)36/h6-11,14-16,39H,2-5,12-13,17-18H2,1H3,(H,30,34)(H,35,36)(H,31,32,37). The Labute approximate surface area is 250 Å². The van der Waals surface area contributed by atoms with Gasteiger partial charge in [-0.1, -0.05) is 54.8 Å². The molecule has 0 aliphatic heterocycles. The van der Waals surface area contributed by atoms with Crippen molar-refractivity contribution in [3.63, 3.8) is 0 Å². The van der Waals surface area contributed by atoms with Gasteiger partial charge in [-0.2, -0.15) is 5.10 Å². The molecule has 2 heterocycles. The minimum absolute atomic E-state index is 0.0280. The second-order valence-electron chi connectivity index (χ2n) is 9.48. The third kappa shape index (κ3) is 8.45. The van der Waals surface area contributed by atoms with Gasteiger partial charge in [-0.05, 0) is 56.2 Å². The Hall–Kier alpha value is -3.11. The normalized spacial score (nSPS) is 12.6. The number of unbranched alkanes of at least 4 members (excludes halogenated alkanes) is 3. The van der Waals surface area contributed by atoms with Crippen molar-refractivity contribution in [1.82, 2.24) is 15.1 Å². The van der Waals surface area contributed by atoms with Crippen molar-refractivity contribution in [3.8, 4) is 5.75 Å². The van der Waals surface area contributed by atoms with Crippen molar-refractivity contribution in [2.24, 2.45) is 0 Å². The summed E-state index contributed by atoms with van der Waals surface area (Å²) >= 11 is 7.29. The fraction of sp³-hybridized carbons (Fsp3) is 0.321. The number of amides is 1. The van der Waals surface area contributed by atoms with Gasteiger partial charge in [-0.3, -0.25) is 19.0 Å². The summed E-state index contributed by atoms with van der Waals surface area (Å²) in [4.78, 5) is 22.9. The number of methoxy groups -OCH3 is 1. The van der Waals surface area contributed by atoms with E-state index < -0.39 is 15.3 Å². The Bertz CT molecular complexity index is 1640. The molecule has 0 aliphatic rings. The molecular weight excluding hydrogens is 603 g/mol. The Kier molecular flexibility index (Phi) is 10.7. The maximum Gasteiger partial charge on any atom is 0.303 e. The summed E-state index contributed by atoms with van der Waals surface area (Å²) in [6.45, 7) is 0.845. The largest absolute Gasteiger partial charge is 0.496 e. The van der Waals surface area contributed by atoms with E-state index in [2.05, 4.69) is 18.1 Å². The lowest BCUT2D eigenvalue weighted by Crippen LogP contribution is -2.22. The van der Waals surface area contributed by atoms with Crippen LogP contribution in [0.4, 0.5) is 5.82 Å². The number of carboxylic acid groups (broad SMARTS) is 1. The maximum absolute atomic E-state index is 13.5. The highest BCUT2D eigenvalue weighted by Gasteiger charge is 2.20. The molecule has 0 bridgehead atoms. The summed E-state index contributed by atoms with van der Waals surface area (Å²) in [6.07, 6.45) is 3.60. The number of carboxylic acids is 1. The molecule has 13 heteroatoms. The van der Waals surface area contributed by atoms with E-state index in [1.165, 1.54) is 11.3 Å². The van der Waals surface area contributed by atoms with Gasteiger partial charge in [0, 0.05) is 19.4 Å². The Balaban J connectivity index is 1.44. The lowest BCUT2D eigenvalue weighted by Gasteiger charge is -2.09. The molecule has 4 aromatic rings. The molecule has 0 spiro atoms. The minimum atomic E-state index is -2.86. The number of hydrogen-bond donors (Lipinski definition) is 3. The topological polar surface area (TPSA) is 123 Å². The molecule has 9 nitrogen and oxygen atoms in total. The molecule has 1 amide bonds. The van der Waals surface area contributed by atoms with Crippen LogP contribution in [0.2, 0.25) is 4.34 Å². The minimum Gasteiger partial charge on any atom is -0.496 e. The molecule has 0 radical (unpaired) electrons. The number of thiophene rings is 1. The van der Waals surface area contributed by atoms with E-state index in [9.17, 15) is 13.8 Å². The first-order valence-electron chi connectivity index (χ1n) is 13.1. The third-order valence-corrected chi connectivity index (χ3v) is 11.0. The van der Waals surface area contributed by atoms with Crippen LogP contribution in [0.15, 0.2) is 58.8 Å². The third-order valence-electron chi connectivity index (χ3n) is 6.39. The lowest BCUT2D eigenvalue weighted by molar-refractivity contribution is -0.137. The summed E-state index contributed by atoms with van der Waals surface area (Å²) in [7, 11) is 2.12.